The third kappa shape index (κ3) is 1.84. The van der Waals surface area contributed by atoms with Gasteiger partial charge in [-0.05, 0) is 24.6 Å². The molecule has 0 saturated carbocycles. The summed E-state index contributed by atoms with van der Waals surface area (Å²) in [4.78, 5) is 0. The van der Waals surface area contributed by atoms with Crippen LogP contribution in [0.1, 0.15) is 5.69 Å². The number of aromatic nitrogens is 5. The Morgan fingerprint density at radius 2 is 1.78 bits per heavy atom. The predicted molar refractivity (Wildman–Crippen MR) is 71.4 cm³/mol. The topological polar surface area (TPSA) is 59.4 Å². The van der Waals surface area contributed by atoms with Crippen molar-refractivity contribution in [3.8, 4) is 16.9 Å². The highest BCUT2D eigenvalue weighted by molar-refractivity contribution is 9.10. The van der Waals surface area contributed by atoms with Gasteiger partial charge in [-0.3, -0.25) is 9.67 Å². The van der Waals surface area contributed by atoms with Gasteiger partial charge in [0.2, 0.25) is 0 Å². The SMILES string of the molecule is Cc1[nH]nc(-n2cnnc2)c1-c1ccc(Br)cc1. The zero-order valence-corrected chi connectivity index (χ0v) is 11.2. The van der Waals surface area contributed by atoms with Crippen LogP contribution < -0.4 is 0 Å². The van der Waals surface area contributed by atoms with E-state index in [9.17, 15) is 0 Å². The van der Waals surface area contributed by atoms with E-state index in [-0.39, 0.29) is 0 Å². The molecule has 0 fully saturated rings. The second kappa shape index (κ2) is 4.38. The minimum absolute atomic E-state index is 0.805. The molecule has 90 valence electrons. The van der Waals surface area contributed by atoms with E-state index in [1.807, 2.05) is 19.1 Å². The van der Waals surface area contributed by atoms with Crippen LogP contribution in [-0.4, -0.2) is 25.0 Å². The van der Waals surface area contributed by atoms with Crippen molar-refractivity contribution in [2.75, 3.05) is 0 Å². The standard InChI is InChI=1S/C12H10BrN5/c1-8-11(9-2-4-10(13)5-3-9)12(17-16-8)18-6-14-15-7-18/h2-7H,1H3,(H,16,17). The predicted octanol–water partition coefficient (Wildman–Crippen LogP) is 2.73. The second-order valence-corrected chi connectivity index (χ2v) is 4.84. The molecular weight excluding hydrogens is 294 g/mol. The summed E-state index contributed by atoms with van der Waals surface area (Å²) in [6.07, 6.45) is 3.27. The Balaban J connectivity index is 2.17. The maximum absolute atomic E-state index is 4.30. The van der Waals surface area contributed by atoms with E-state index < -0.39 is 0 Å². The molecule has 1 aromatic carbocycles. The third-order valence-corrected chi connectivity index (χ3v) is 3.25. The van der Waals surface area contributed by atoms with Crippen molar-refractivity contribution in [3.05, 3.63) is 47.1 Å². The van der Waals surface area contributed by atoms with Crippen LogP contribution in [0.4, 0.5) is 0 Å². The molecule has 5 nitrogen and oxygen atoms in total. The Labute approximate surface area is 112 Å². The van der Waals surface area contributed by atoms with E-state index in [0.29, 0.717) is 0 Å². The highest BCUT2D eigenvalue weighted by Gasteiger charge is 2.13. The van der Waals surface area contributed by atoms with Gasteiger partial charge in [-0.2, -0.15) is 5.10 Å². The zero-order chi connectivity index (χ0) is 12.5. The number of nitrogens with one attached hydrogen (secondary N) is 1. The lowest BCUT2D eigenvalue weighted by Crippen LogP contribution is -1.93. The lowest BCUT2D eigenvalue weighted by Gasteiger charge is -2.04. The zero-order valence-electron chi connectivity index (χ0n) is 9.63. The summed E-state index contributed by atoms with van der Waals surface area (Å²) in [6.45, 7) is 2.00. The van der Waals surface area contributed by atoms with Crippen LogP contribution in [0.25, 0.3) is 16.9 Å². The highest BCUT2D eigenvalue weighted by atomic mass is 79.9. The van der Waals surface area contributed by atoms with Crippen LogP contribution in [-0.2, 0) is 0 Å². The summed E-state index contributed by atoms with van der Waals surface area (Å²) in [5, 5.41) is 14.9. The summed E-state index contributed by atoms with van der Waals surface area (Å²) >= 11 is 3.44. The van der Waals surface area contributed by atoms with Crippen LogP contribution in [0.15, 0.2) is 41.4 Å². The molecule has 0 atom stereocenters. The number of benzene rings is 1. The van der Waals surface area contributed by atoms with Crippen molar-refractivity contribution in [1.29, 1.82) is 0 Å². The first-order valence-corrected chi connectivity index (χ1v) is 6.21. The molecule has 2 aromatic heterocycles. The first-order valence-electron chi connectivity index (χ1n) is 5.41. The molecule has 0 aliphatic carbocycles. The summed E-state index contributed by atoms with van der Waals surface area (Å²) in [7, 11) is 0. The van der Waals surface area contributed by atoms with Crippen molar-refractivity contribution >= 4 is 15.9 Å². The van der Waals surface area contributed by atoms with Crippen LogP contribution in [0, 0.1) is 6.92 Å². The lowest BCUT2D eigenvalue weighted by molar-refractivity contribution is 0.946. The van der Waals surface area contributed by atoms with Gasteiger partial charge in [0.05, 0.1) is 0 Å². The van der Waals surface area contributed by atoms with E-state index in [2.05, 4.69) is 48.5 Å². The average Bonchev–Trinajstić information content (AvgIpc) is 2.99. The Hall–Kier alpha value is -1.95. The van der Waals surface area contributed by atoms with Crippen LogP contribution in [0.3, 0.4) is 0 Å². The van der Waals surface area contributed by atoms with E-state index >= 15 is 0 Å². The average molecular weight is 304 g/mol. The van der Waals surface area contributed by atoms with Crippen molar-refractivity contribution in [3.63, 3.8) is 0 Å². The molecule has 6 heteroatoms. The first-order chi connectivity index (χ1) is 8.75. The van der Waals surface area contributed by atoms with Gasteiger partial charge in [0, 0.05) is 15.7 Å². The van der Waals surface area contributed by atoms with Gasteiger partial charge < -0.3 is 0 Å². The summed E-state index contributed by atoms with van der Waals surface area (Å²) in [5.74, 6) is 0.805. The Morgan fingerprint density at radius 3 is 2.44 bits per heavy atom. The van der Waals surface area contributed by atoms with Crippen LogP contribution >= 0.6 is 15.9 Å². The fourth-order valence-corrected chi connectivity index (χ4v) is 2.14. The molecule has 3 aromatic rings. The lowest BCUT2D eigenvalue weighted by atomic mass is 10.1. The molecule has 0 unspecified atom stereocenters. The summed E-state index contributed by atoms with van der Waals surface area (Å²) < 4.78 is 2.85. The number of aromatic amines is 1. The second-order valence-electron chi connectivity index (χ2n) is 3.92. The van der Waals surface area contributed by atoms with Gasteiger partial charge >= 0.3 is 0 Å². The van der Waals surface area contributed by atoms with E-state index in [4.69, 9.17) is 0 Å². The van der Waals surface area contributed by atoms with Crippen molar-refractivity contribution in [1.82, 2.24) is 25.0 Å². The molecular formula is C12H10BrN5. The van der Waals surface area contributed by atoms with E-state index in [0.717, 1.165) is 27.1 Å². The largest absolute Gasteiger partial charge is 0.280 e. The van der Waals surface area contributed by atoms with Gasteiger partial charge in [-0.25, -0.2) is 0 Å². The van der Waals surface area contributed by atoms with Gasteiger partial charge in [0.15, 0.2) is 5.82 Å². The Morgan fingerprint density at radius 1 is 1.11 bits per heavy atom. The van der Waals surface area contributed by atoms with E-state index in [1.54, 1.807) is 17.2 Å². The van der Waals surface area contributed by atoms with Gasteiger partial charge in [0.1, 0.15) is 12.7 Å². The molecule has 0 saturated heterocycles. The molecule has 2 heterocycles. The number of halogens is 1. The van der Waals surface area contributed by atoms with Crippen molar-refractivity contribution in [2.45, 2.75) is 6.92 Å². The highest BCUT2D eigenvalue weighted by Crippen LogP contribution is 2.28. The molecule has 0 amide bonds. The van der Waals surface area contributed by atoms with Gasteiger partial charge in [-0.15, -0.1) is 10.2 Å². The quantitative estimate of drug-likeness (QED) is 0.792. The van der Waals surface area contributed by atoms with Gasteiger partial charge in [0.25, 0.3) is 0 Å². The molecule has 1 N–H and O–H groups in total. The minimum atomic E-state index is 0.805. The van der Waals surface area contributed by atoms with Crippen LogP contribution in [0.5, 0.6) is 0 Å². The normalized spacial score (nSPS) is 10.8. The number of H-pyrrole nitrogens is 1. The molecule has 3 rings (SSSR count). The monoisotopic (exact) mass is 303 g/mol. The molecule has 0 spiro atoms. The Bertz CT molecular complexity index is 654. The molecule has 0 aliphatic rings. The fourth-order valence-electron chi connectivity index (χ4n) is 1.88. The smallest absolute Gasteiger partial charge is 0.169 e. The molecule has 0 radical (unpaired) electrons. The maximum Gasteiger partial charge on any atom is 0.169 e. The number of hydrogen-bond acceptors (Lipinski definition) is 3. The molecule has 18 heavy (non-hydrogen) atoms. The maximum atomic E-state index is 4.30. The van der Waals surface area contributed by atoms with Crippen molar-refractivity contribution < 1.29 is 0 Å². The summed E-state index contributed by atoms with van der Waals surface area (Å²) in [5.41, 5.74) is 3.18. The molecule has 0 bridgehead atoms. The van der Waals surface area contributed by atoms with Crippen LogP contribution in [0.2, 0.25) is 0 Å². The number of aryl methyl sites for hydroxylation is 1. The third-order valence-electron chi connectivity index (χ3n) is 2.72. The number of rotatable bonds is 2. The number of nitrogens with zero attached hydrogens (tertiary/aromatic N) is 4. The molecule has 0 aliphatic heterocycles. The fraction of sp³-hybridized carbons (Fsp3) is 0.0833. The first kappa shape index (κ1) is 11.2. The van der Waals surface area contributed by atoms with E-state index in [1.165, 1.54) is 0 Å². The number of hydrogen-bond donors (Lipinski definition) is 1. The minimum Gasteiger partial charge on any atom is -0.280 e. The van der Waals surface area contributed by atoms with Gasteiger partial charge in [-0.1, -0.05) is 28.1 Å². The summed E-state index contributed by atoms with van der Waals surface area (Å²) in [6, 6.07) is 8.13. The van der Waals surface area contributed by atoms with Crippen molar-refractivity contribution in [2.24, 2.45) is 0 Å². The Kier molecular flexibility index (Phi) is 2.71.